The van der Waals surface area contributed by atoms with E-state index in [1.165, 1.54) is 0 Å². The van der Waals surface area contributed by atoms with Crippen molar-refractivity contribution in [3.8, 4) is 0 Å². The summed E-state index contributed by atoms with van der Waals surface area (Å²) in [5.74, 6) is 1.39. The predicted octanol–water partition coefficient (Wildman–Crippen LogP) is 0.464. The van der Waals surface area contributed by atoms with Crippen molar-refractivity contribution in [2.24, 2.45) is 0 Å². The maximum absolute atomic E-state index is 10.8. The topological polar surface area (TPSA) is 212 Å². The molecule has 6 unspecified atom stereocenters. The van der Waals surface area contributed by atoms with Crippen LogP contribution in [0.4, 0.5) is 0 Å². The third-order valence-electron chi connectivity index (χ3n) is 10.8. The summed E-state index contributed by atoms with van der Waals surface area (Å²) in [5.41, 5.74) is 0. The highest BCUT2D eigenvalue weighted by Crippen LogP contribution is 2.12. The molecule has 0 radical (unpaired) electrons. The summed E-state index contributed by atoms with van der Waals surface area (Å²) in [4.78, 5) is 64.3. The molecule has 16 heteroatoms. The highest BCUT2D eigenvalue weighted by Gasteiger charge is 2.29. The maximum Gasteiger partial charge on any atom is 0.146 e. The number of ether oxygens (including phenoxy) is 4. The molecule has 16 nitrogen and oxygen atoms in total. The van der Waals surface area contributed by atoms with Gasteiger partial charge in [-0.25, -0.2) is 0 Å². The zero-order valence-corrected chi connectivity index (χ0v) is 35.8. The summed E-state index contributed by atoms with van der Waals surface area (Å²) in [6.45, 7) is 15.0. The van der Waals surface area contributed by atoms with Gasteiger partial charge in [0.05, 0.1) is 60.7 Å². The lowest BCUT2D eigenvalue weighted by molar-refractivity contribution is -0.119. The van der Waals surface area contributed by atoms with Crippen LogP contribution in [-0.4, -0.2) is 163 Å². The van der Waals surface area contributed by atoms with Crippen LogP contribution < -0.4 is 31.9 Å². The van der Waals surface area contributed by atoms with E-state index in [4.69, 9.17) is 18.9 Å². The molecule has 0 saturated carbocycles. The van der Waals surface area contributed by atoms with Crippen LogP contribution in [0.2, 0.25) is 0 Å². The Morgan fingerprint density at radius 2 is 0.571 bits per heavy atom. The van der Waals surface area contributed by atoms with Crippen LogP contribution in [0.3, 0.4) is 0 Å². The van der Waals surface area contributed by atoms with Crippen LogP contribution in [0.15, 0.2) is 0 Å². The van der Waals surface area contributed by atoms with Gasteiger partial charge in [0.1, 0.15) is 34.7 Å². The van der Waals surface area contributed by atoms with Crippen molar-refractivity contribution >= 4 is 34.7 Å². The lowest BCUT2D eigenvalue weighted by Gasteiger charge is -2.04. The summed E-state index contributed by atoms with van der Waals surface area (Å²) in [7, 11) is 6.70. The van der Waals surface area contributed by atoms with Gasteiger partial charge < -0.3 is 50.8 Å². The predicted molar refractivity (Wildman–Crippen MR) is 215 cm³/mol. The van der Waals surface area contributed by atoms with Gasteiger partial charge in [-0.2, -0.15) is 0 Å². The number of rotatable bonds is 10. The van der Waals surface area contributed by atoms with Crippen LogP contribution in [0.25, 0.3) is 0 Å². The lowest BCUT2D eigenvalue weighted by Crippen LogP contribution is -2.28. The monoisotopic (exact) mass is 799 g/mol. The van der Waals surface area contributed by atoms with Gasteiger partial charge in [0.15, 0.2) is 0 Å². The minimum atomic E-state index is 0.0324. The van der Waals surface area contributed by atoms with E-state index in [1.807, 2.05) is 0 Å². The molecule has 6 rings (SSSR count). The summed E-state index contributed by atoms with van der Waals surface area (Å²) in [5, 5.41) is 18.5. The van der Waals surface area contributed by atoms with E-state index in [0.717, 1.165) is 90.6 Å². The largest absolute Gasteiger partial charge is 0.380 e. The summed E-state index contributed by atoms with van der Waals surface area (Å²) in [6.07, 6.45) is 8.61. The highest BCUT2D eigenvalue weighted by molar-refractivity contribution is 5.83. The van der Waals surface area contributed by atoms with Crippen molar-refractivity contribution in [3.05, 3.63) is 0 Å². The average Bonchev–Trinajstić information content (AvgIpc) is 4.03. The van der Waals surface area contributed by atoms with Crippen molar-refractivity contribution < 1.29 is 47.7 Å². The van der Waals surface area contributed by atoms with Crippen molar-refractivity contribution in [1.29, 1.82) is 0 Å². The van der Waals surface area contributed by atoms with Crippen LogP contribution >= 0.6 is 0 Å². The van der Waals surface area contributed by atoms with Gasteiger partial charge in [-0.15, -0.1) is 0 Å². The number of carbonyl (C=O) groups is 6. The minimum absolute atomic E-state index is 0.0324. The molecule has 0 bridgehead atoms. The second-order valence-corrected chi connectivity index (χ2v) is 15.2. The molecular weight excluding hydrogens is 724 g/mol. The van der Waals surface area contributed by atoms with E-state index in [2.05, 4.69) is 31.9 Å². The Labute approximate surface area is 335 Å². The second kappa shape index (κ2) is 28.9. The van der Waals surface area contributed by atoms with E-state index in [9.17, 15) is 28.8 Å². The fraction of sp³-hybridized carbons (Fsp3) is 0.850. The number of hydrogen-bond acceptors (Lipinski definition) is 16. The van der Waals surface area contributed by atoms with Gasteiger partial charge in [0.2, 0.25) is 0 Å². The minimum Gasteiger partial charge on any atom is -0.380 e. The molecule has 6 aliphatic heterocycles. The molecule has 0 aliphatic carbocycles. The van der Waals surface area contributed by atoms with Crippen LogP contribution in [0.1, 0.15) is 92.9 Å². The van der Waals surface area contributed by atoms with Crippen molar-refractivity contribution in [1.82, 2.24) is 31.9 Å². The second-order valence-electron chi connectivity index (χ2n) is 15.2. The Bertz CT molecular complexity index is 1040. The SMILES string of the molecule is CC(=O)[C@@H]1CCCN1.CC(=O)[C@H]1CCCN1.COC1CNC(C(C)=O)C1.COC1CNC(C(C)=O)C1.COC1CN[C@@H](C(C)=O)C1.COC1CN[C@H](C(C)=O)C1. The Kier molecular flexibility index (Phi) is 26.7. The van der Waals surface area contributed by atoms with Gasteiger partial charge in [-0.05, 0) is 106 Å². The van der Waals surface area contributed by atoms with Crippen LogP contribution in [0.5, 0.6) is 0 Å². The Hall–Kier alpha value is -2.38. The van der Waals surface area contributed by atoms with Crippen molar-refractivity contribution in [2.45, 2.75) is 154 Å². The summed E-state index contributed by atoms with van der Waals surface area (Å²) < 4.78 is 20.3. The lowest BCUT2D eigenvalue weighted by atomic mass is 10.1. The first-order valence-corrected chi connectivity index (χ1v) is 20.1. The molecule has 0 aromatic heterocycles. The van der Waals surface area contributed by atoms with Gasteiger partial charge in [-0.1, -0.05) is 0 Å². The molecule has 6 N–H and O–H groups in total. The van der Waals surface area contributed by atoms with Gasteiger partial charge in [0.25, 0.3) is 0 Å². The molecule has 10 atom stereocenters. The van der Waals surface area contributed by atoms with Crippen molar-refractivity contribution in [2.75, 3.05) is 67.7 Å². The molecule has 0 aromatic rings. The third-order valence-corrected chi connectivity index (χ3v) is 10.8. The normalized spacial score (nSPS) is 31.4. The molecule has 0 amide bonds. The zero-order valence-electron chi connectivity index (χ0n) is 35.8. The Morgan fingerprint density at radius 3 is 0.661 bits per heavy atom. The van der Waals surface area contributed by atoms with Gasteiger partial charge in [0, 0.05) is 54.6 Å². The molecule has 6 aliphatic rings. The van der Waals surface area contributed by atoms with Crippen molar-refractivity contribution in [3.63, 3.8) is 0 Å². The fourth-order valence-corrected chi connectivity index (χ4v) is 6.83. The standard InChI is InChI=1S/4C7H13NO2.2C6H11NO/c4*1-5(9)7-3-6(10-2)4-8-7;2*1-5(8)6-3-2-4-7-6/h4*6-8H,3-4H2,1-2H3;2*6-7H,2-4H2,1H3/t2*6?,7-;;;2*6-/m10..10/s1. The number of nitrogens with one attached hydrogen (secondary N) is 6. The number of ketones is 6. The van der Waals surface area contributed by atoms with Crippen LogP contribution in [-0.2, 0) is 47.7 Å². The number of methoxy groups -OCH3 is 4. The van der Waals surface area contributed by atoms with Gasteiger partial charge in [-0.3, -0.25) is 28.8 Å². The molecule has 6 fully saturated rings. The summed E-state index contributed by atoms with van der Waals surface area (Å²) in [6, 6.07) is 0.481. The molecule has 6 saturated heterocycles. The Balaban J connectivity index is 0.000000337. The zero-order chi connectivity index (χ0) is 42.2. The summed E-state index contributed by atoms with van der Waals surface area (Å²) >= 11 is 0. The van der Waals surface area contributed by atoms with E-state index in [1.54, 1.807) is 70.0 Å². The third kappa shape index (κ3) is 20.9. The first-order valence-electron chi connectivity index (χ1n) is 20.1. The van der Waals surface area contributed by atoms with E-state index >= 15 is 0 Å². The maximum atomic E-state index is 10.8. The number of hydrogen-bond donors (Lipinski definition) is 6. The van der Waals surface area contributed by atoms with E-state index < -0.39 is 0 Å². The van der Waals surface area contributed by atoms with E-state index in [0.29, 0.717) is 0 Å². The molecule has 6 heterocycles. The molecule has 0 aromatic carbocycles. The average molecular weight is 799 g/mol. The first-order chi connectivity index (χ1) is 26.6. The number of Topliss-reactive ketones (excluding diaryl/α,β-unsaturated/α-hetero) is 6. The quantitative estimate of drug-likeness (QED) is 0.177. The van der Waals surface area contributed by atoms with E-state index in [-0.39, 0.29) is 95.4 Å². The Morgan fingerprint density at radius 1 is 0.357 bits per heavy atom. The molecule has 324 valence electrons. The highest BCUT2D eigenvalue weighted by atomic mass is 16.5. The number of carbonyl (C=O) groups excluding carboxylic acids is 6. The van der Waals surface area contributed by atoms with Crippen LogP contribution in [0, 0.1) is 0 Å². The smallest absolute Gasteiger partial charge is 0.146 e. The molecule has 0 spiro atoms. The van der Waals surface area contributed by atoms with Gasteiger partial charge >= 0.3 is 0 Å². The molecular formula is C40H74N6O10. The molecule has 56 heavy (non-hydrogen) atoms. The first kappa shape index (κ1) is 51.6. The fourth-order valence-electron chi connectivity index (χ4n) is 6.83.